The predicted molar refractivity (Wildman–Crippen MR) is 59.6 cm³/mol. The van der Waals surface area contributed by atoms with Crippen molar-refractivity contribution in [1.82, 2.24) is 19.8 Å². The average molecular weight is 293 g/mol. The Morgan fingerprint density at radius 2 is 1.95 bits per heavy atom. The standard InChI is InChI=1S/C9H10F3N5OS/c10-9(11,12)5-14-15-7-17(5)16-6(19-7)8(13)1-3-18-4-2-8/h1-4,13H2. The van der Waals surface area contributed by atoms with Crippen LogP contribution in [0.15, 0.2) is 0 Å². The molecule has 0 aliphatic carbocycles. The summed E-state index contributed by atoms with van der Waals surface area (Å²) in [7, 11) is 0. The van der Waals surface area contributed by atoms with E-state index in [1.165, 1.54) is 0 Å². The fraction of sp³-hybridized carbons (Fsp3) is 0.667. The number of alkyl halides is 3. The Morgan fingerprint density at radius 1 is 1.26 bits per heavy atom. The second-order valence-corrected chi connectivity index (χ2v) is 5.35. The fourth-order valence-corrected chi connectivity index (χ4v) is 2.94. The molecule has 1 aliphatic heterocycles. The zero-order chi connectivity index (χ0) is 13.7. The molecule has 0 saturated carbocycles. The summed E-state index contributed by atoms with van der Waals surface area (Å²) in [6, 6.07) is 0. The zero-order valence-electron chi connectivity index (χ0n) is 9.65. The molecule has 0 amide bonds. The van der Waals surface area contributed by atoms with Gasteiger partial charge in [0.1, 0.15) is 5.01 Å². The monoisotopic (exact) mass is 293 g/mol. The van der Waals surface area contributed by atoms with E-state index >= 15 is 0 Å². The summed E-state index contributed by atoms with van der Waals surface area (Å²) in [5.74, 6) is -1.12. The van der Waals surface area contributed by atoms with E-state index in [1.54, 1.807) is 0 Å². The van der Waals surface area contributed by atoms with Gasteiger partial charge in [-0.15, -0.1) is 10.2 Å². The Hall–Kier alpha value is -1.26. The van der Waals surface area contributed by atoms with E-state index in [-0.39, 0.29) is 4.96 Å². The van der Waals surface area contributed by atoms with E-state index in [4.69, 9.17) is 10.5 Å². The number of hydrogen-bond acceptors (Lipinski definition) is 6. The van der Waals surface area contributed by atoms with Crippen LogP contribution in [0.4, 0.5) is 13.2 Å². The van der Waals surface area contributed by atoms with E-state index in [9.17, 15) is 13.2 Å². The fourth-order valence-electron chi connectivity index (χ4n) is 1.94. The third-order valence-corrected chi connectivity index (χ3v) is 4.17. The van der Waals surface area contributed by atoms with E-state index in [1.807, 2.05) is 0 Å². The first-order chi connectivity index (χ1) is 8.90. The van der Waals surface area contributed by atoms with Gasteiger partial charge >= 0.3 is 6.18 Å². The van der Waals surface area contributed by atoms with E-state index in [2.05, 4.69) is 15.3 Å². The minimum Gasteiger partial charge on any atom is -0.381 e. The highest BCUT2D eigenvalue weighted by molar-refractivity contribution is 7.16. The minimum atomic E-state index is -4.58. The summed E-state index contributed by atoms with van der Waals surface area (Å²) < 4.78 is 44.0. The molecule has 104 valence electrons. The number of nitrogens with two attached hydrogens (primary N) is 1. The molecule has 2 aromatic rings. The summed E-state index contributed by atoms with van der Waals surface area (Å²) in [5, 5.41) is 11.0. The van der Waals surface area contributed by atoms with Crippen LogP contribution in [0.1, 0.15) is 23.7 Å². The molecule has 0 atom stereocenters. The van der Waals surface area contributed by atoms with Crippen molar-refractivity contribution in [3.05, 3.63) is 10.8 Å². The summed E-state index contributed by atoms with van der Waals surface area (Å²) in [5.41, 5.74) is 5.44. The van der Waals surface area contributed by atoms with Gasteiger partial charge in [-0.3, -0.25) is 0 Å². The number of halogens is 3. The second kappa shape index (κ2) is 4.12. The number of rotatable bonds is 1. The molecule has 0 unspecified atom stereocenters. The van der Waals surface area contributed by atoms with Crippen LogP contribution in [0, 0.1) is 0 Å². The molecular weight excluding hydrogens is 283 g/mol. The van der Waals surface area contributed by atoms with Gasteiger partial charge in [-0.05, 0) is 12.8 Å². The van der Waals surface area contributed by atoms with Crippen LogP contribution in [0.5, 0.6) is 0 Å². The highest BCUT2D eigenvalue weighted by Crippen LogP contribution is 2.34. The highest BCUT2D eigenvalue weighted by Gasteiger charge is 2.40. The first kappa shape index (κ1) is 12.8. The number of aromatic nitrogens is 4. The number of ether oxygens (including phenoxy) is 1. The topological polar surface area (TPSA) is 78.3 Å². The molecular formula is C9H10F3N5OS. The van der Waals surface area contributed by atoms with Crippen molar-refractivity contribution in [2.75, 3.05) is 13.2 Å². The third-order valence-electron chi connectivity index (χ3n) is 3.06. The van der Waals surface area contributed by atoms with Gasteiger partial charge in [-0.1, -0.05) is 11.3 Å². The Bertz CT molecular complexity index is 601. The van der Waals surface area contributed by atoms with Crippen LogP contribution < -0.4 is 5.73 Å². The van der Waals surface area contributed by atoms with Gasteiger partial charge < -0.3 is 10.5 Å². The van der Waals surface area contributed by atoms with Crippen molar-refractivity contribution >= 4 is 16.3 Å². The smallest absolute Gasteiger partial charge is 0.381 e. The Balaban J connectivity index is 2.05. The lowest BCUT2D eigenvalue weighted by Gasteiger charge is -2.30. The molecule has 0 bridgehead atoms. The average Bonchev–Trinajstić information content (AvgIpc) is 2.87. The Kier molecular flexibility index (Phi) is 2.76. The van der Waals surface area contributed by atoms with Gasteiger partial charge in [-0.25, -0.2) is 0 Å². The van der Waals surface area contributed by atoms with Gasteiger partial charge in [0, 0.05) is 13.2 Å². The lowest BCUT2D eigenvalue weighted by atomic mass is 9.92. The molecule has 6 nitrogen and oxygen atoms in total. The molecule has 3 rings (SSSR count). The Morgan fingerprint density at radius 3 is 2.58 bits per heavy atom. The van der Waals surface area contributed by atoms with Crippen molar-refractivity contribution in [2.24, 2.45) is 5.73 Å². The molecule has 1 fully saturated rings. The lowest BCUT2D eigenvalue weighted by Crippen LogP contribution is -2.42. The SMILES string of the molecule is NC1(c2nn3c(C(F)(F)F)nnc3s2)CCOCC1. The van der Waals surface area contributed by atoms with Crippen LogP contribution in [-0.2, 0) is 16.5 Å². The number of fused-ring (bicyclic) bond motifs is 1. The van der Waals surface area contributed by atoms with Gasteiger partial charge in [0.15, 0.2) is 0 Å². The van der Waals surface area contributed by atoms with Gasteiger partial charge in [0.05, 0.1) is 5.54 Å². The van der Waals surface area contributed by atoms with Crippen LogP contribution in [0.3, 0.4) is 0 Å². The molecule has 1 aliphatic rings. The van der Waals surface area contributed by atoms with Crippen LogP contribution >= 0.6 is 11.3 Å². The summed E-state index contributed by atoms with van der Waals surface area (Å²) in [6.07, 6.45) is -3.53. The van der Waals surface area contributed by atoms with Gasteiger partial charge in [-0.2, -0.15) is 22.8 Å². The maximum Gasteiger partial charge on any atom is 0.453 e. The van der Waals surface area contributed by atoms with Gasteiger partial charge in [0.25, 0.3) is 5.82 Å². The van der Waals surface area contributed by atoms with Crippen LogP contribution in [0.25, 0.3) is 4.96 Å². The molecule has 3 heterocycles. The maximum atomic E-state index is 12.7. The van der Waals surface area contributed by atoms with Crippen molar-refractivity contribution in [3.8, 4) is 0 Å². The minimum absolute atomic E-state index is 0.0960. The molecule has 19 heavy (non-hydrogen) atoms. The maximum absolute atomic E-state index is 12.7. The molecule has 0 aromatic carbocycles. The number of hydrogen-bond donors (Lipinski definition) is 1. The normalized spacial score (nSPS) is 20.0. The molecule has 10 heteroatoms. The Labute approximate surface area is 109 Å². The van der Waals surface area contributed by atoms with Gasteiger partial charge in [0.2, 0.25) is 4.96 Å². The first-order valence-electron chi connectivity index (χ1n) is 5.57. The number of nitrogens with zero attached hydrogens (tertiary/aromatic N) is 4. The summed E-state index contributed by atoms with van der Waals surface area (Å²) in [4.78, 5) is 0.0960. The molecule has 0 spiro atoms. The van der Waals surface area contributed by atoms with E-state index < -0.39 is 17.5 Å². The zero-order valence-corrected chi connectivity index (χ0v) is 10.5. The summed E-state index contributed by atoms with van der Waals surface area (Å²) in [6.45, 7) is 0.950. The predicted octanol–water partition coefficient (Wildman–Crippen LogP) is 1.17. The van der Waals surface area contributed by atoms with Crippen molar-refractivity contribution in [1.29, 1.82) is 0 Å². The molecule has 2 aromatic heterocycles. The van der Waals surface area contributed by atoms with Crippen LogP contribution in [0.2, 0.25) is 0 Å². The highest BCUT2D eigenvalue weighted by atomic mass is 32.1. The van der Waals surface area contributed by atoms with E-state index in [0.29, 0.717) is 35.6 Å². The largest absolute Gasteiger partial charge is 0.453 e. The molecule has 2 N–H and O–H groups in total. The summed E-state index contributed by atoms with van der Waals surface area (Å²) >= 11 is 1.04. The van der Waals surface area contributed by atoms with Crippen LogP contribution in [-0.4, -0.2) is 33.0 Å². The first-order valence-corrected chi connectivity index (χ1v) is 6.38. The lowest BCUT2D eigenvalue weighted by molar-refractivity contribution is -0.146. The third kappa shape index (κ3) is 2.09. The second-order valence-electron chi connectivity index (χ2n) is 4.39. The quantitative estimate of drug-likeness (QED) is 0.854. The molecule has 1 saturated heterocycles. The molecule has 0 radical (unpaired) electrons. The van der Waals surface area contributed by atoms with Crippen molar-refractivity contribution in [2.45, 2.75) is 24.6 Å². The van der Waals surface area contributed by atoms with E-state index in [0.717, 1.165) is 11.3 Å². The van der Waals surface area contributed by atoms with Crippen molar-refractivity contribution < 1.29 is 17.9 Å². The van der Waals surface area contributed by atoms with Crippen molar-refractivity contribution in [3.63, 3.8) is 0 Å².